The number of nitrogens with zero attached hydrogens (tertiary/aromatic N) is 2. The maximum absolute atomic E-state index is 12.1. The first kappa shape index (κ1) is 13.4. The SMILES string of the molecule is CC(C)(CN1CCCC1)NC(=O)N1CC=CCC1. The molecule has 0 bridgehead atoms. The highest BCUT2D eigenvalue weighted by Gasteiger charge is 2.27. The van der Waals surface area contributed by atoms with Gasteiger partial charge in [-0.15, -0.1) is 0 Å². The highest BCUT2D eigenvalue weighted by atomic mass is 16.2. The monoisotopic (exact) mass is 251 g/mol. The molecule has 2 heterocycles. The van der Waals surface area contributed by atoms with E-state index in [0.29, 0.717) is 0 Å². The summed E-state index contributed by atoms with van der Waals surface area (Å²) in [5.41, 5.74) is -0.150. The van der Waals surface area contributed by atoms with Crippen molar-refractivity contribution in [2.75, 3.05) is 32.7 Å². The van der Waals surface area contributed by atoms with E-state index in [-0.39, 0.29) is 11.6 Å². The van der Waals surface area contributed by atoms with Crippen molar-refractivity contribution in [2.24, 2.45) is 0 Å². The van der Waals surface area contributed by atoms with Crippen LogP contribution in [0, 0.1) is 0 Å². The van der Waals surface area contributed by atoms with E-state index >= 15 is 0 Å². The fraction of sp³-hybridized carbons (Fsp3) is 0.786. The molecule has 0 saturated carbocycles. The van der Waals surface area contributed by atoms with Gasteiger partial charge >= 0.3 is 6.03 Å². The molecule has 2 aliphatic heterocycles. The number of likely N-dealkylation sites (tertiary alicyclic amines) is 1. The lowest BCUT2D eigenvalue weighted by Crippen LogP contribution is -2.55. The number of carbonyl (C=O) groups excluding carboxylic acids is 1. The van der Waals surface area contributed by atoms with Crippen LogP contribution in [0.3, 0.4) is 0 Å². The van der Waals surface area contributed by atoms with Crippen molar-refractivity contribution >= 4 is 6.03 Å². The van der Waals surface area contributed by atoms with Crippen LogP contribution in [0.4, 0.5) is 4.79 Å². The first-order valence-electron chi connectivity index (χ1n) is 7.01. The Morgan fingerprint density at radius 3 is 2.56 bits per heavy atom. The summed E-state index contributed by atoms with van der Waals surface area (Å²) in [6, 6.07) is 0.0727. The lowest BCUT2D eigenvalue weighted by molar-refractivity contribution is 0.178. The molecule has 0 aliphatic carbocycles. The van der Waals surface area contributed by atoms with Crippen molar-refractivity contribution in [3.05, 3.63) is 12.2 Å². The Labute approximate surface area is 110 Å². The van der Waals surface area contributed by atoms with E-state index in [1.165, 1.54) is 25.9 Å². The minimum absolute atomic E-state index is 0.0727. The lowest BCUT2D eigenvalue weighted by atomic mass is 10.1. The van der Waals surface area contributed by atoms with E-state index in [1.807, 2.05) is 4.90 Å². The second-order valence-electron chi connectivity index (χ2n) is 6.00. The van der Waals surface area contributed by atoms with E-state index < -0.39 is 0 Å². The van der Waals surface area contributed by atoms with Gasteiger partial charge in [-0.3, -0.25) is 0 Å². The molecule has 1 saturated heterocycles. The zero-order valence-electron chi connectivity index (χ0n) is 11.6. The first-order valence-corrected chi connectivity index (χ1v) is 7.01. The zero-order chi connectivity index (χ0) is 13.0. The molecule has 0 aromatic heterocycles. The zero-order valence-corrected chi connectivity index (χ0v) is 11.6. The van der Waals surface area contributed by atoms with Crippen molar-refractivity contribution in [3.8, 4) is 0 Å². The van der Waals surface area contributed by atoms with Crippen LogP contribution in [-0.4, -0.2) is 54.1 Å². The Hall–Kier alpha value is -1.03. The van der Waals surface area contributed by atoms with Crippen molar-refractivity contribution < 1.29 is 4.79 Å². The molecule has 4 nitrogen and oxygen atoms in total. The van der Waals surface area contributed by atoms with Crippen molar-refractivity contribution in [3.63, 3.8) is 0 Å². The average Bonchev–Trinajstić information content (AvgIpc) is 2.81. The Morgan fingerprint density at radius 1 is 1.22 bits per heavy atom. The van der Waals surface area contributed by atoms with Gasteiger partial charge in [-0.2, -0.15) is 0 Å². The molecule has 0 unspecified atom stereocenters. The third-order valence-electron chi connectivity index (χ3n) is 3.61. The largest absolute Gasteiger partial charge is 0.332 e. The number of hydrogen-bond acceptors (Lipinski definition) is 2. The highest BCUT2D eigenvalue weighted by Crippen LogP contribution is 2.13. The summed E-state index contributed by atoms with van der Waals surface area (Å²) in [4.78, 5) is 16.5. The van der Waals surface area contributed by atoms with Gasteiger partial charge in [0.2, 0.25) is 0 Å². The van der Waals surface area contributed by atoms with Crippen LogP contribution in [0.15, 0.2) is 12.2 Å². The van der Waals surface area contributed by atoms with E-state index in [4.69, 9.17) is 0 Å². The van der Waals surface area contributed by atoms with E-state index in [0.717, 1.165) is 26.1 Å². The average molecular weight is 251 g/mol. The van der Waals surface area contributed by atoms with Crippen molar-refractivity contribution in [1.29, 1.82) is 0 Å². The maximum atomic E-state index is 12.1. The molecule has 0 aromatic rings. The van der Waals surface area contributed by atoms with Crippen LogP contribution in [0.1, 0.15) is 33.1 Å². The minimum Gasteiger partial charge on any atom is -0.332 e. The molecular formula is C14H25N3O. The quantitative estimate of drug-likeness (QED) is 0.777. The molecule has 2 rings (SSSR count). The number of hydrogen-bond donors (Lipinski definition) is 1. The van der Waals surface area contributed by atoms with Crippen molar-refractivity contribution in [2.45, 2.75) is 38.6 Å². The molecule has 4 heteroatoms. The van der Waals surface area contributed by atoms with Gasteiger partial charge in [0.25, 0.3) is 0 Å². The fourth-order valence-corrected chi connectivity index (χ4v) is 2.73. The molecule has 102 valence electrons. The summed E-state index contributed by atoms with van der Waals surface area (Å²) in [6.07, 6.45) is 7.76. The second-order valence-corrected chi connectivity index (χ2v) is 6.00. The molecule has 0 radical (unpaired) electrons. The molecular weight excluding hydrogens is 226 g/mol. The number of nitrogens with one attached hydrogen (secondary N) is 1. The maximum Gasteiger partial charge on any atom is 0.318 e. The van der Waals surface area contributed by atoms with Gasteiger partial charge in [-0.25, -0.2) is 4.79 Å². The molecule has 0 aromatic carbocycles. The highest BCUT2D eigenvalue weighted by molar-refractivity contribution is 5.75. The third-order valence-corrected chi connectivity index (χ3v) is 3.61. The van der Waals surface area contributed by atoms with Crippen LogP contribution >= 0.6 is 0 Å². The van der Waals surface area contributed by atoms with Gasteiger partial charge in [0.1, 0.15) is 0 Å². The van der Waals surface area contributed by atoms with Gasteiger partial charge in [-0.1, -0.05) is 12.2 Å². The Bertz CT molecular complexity index is 319. The smallest absolute Gasteiger partial charge is 0.318 e. The van der Waals surface area contributed by atoms with Crippen LogP contribution in [0.2, 0.25) is 0 Å². The molecule has 1 N–H and O–H groups in total. The number of carbonyl (C=O) groups is 1. The summed E-state index contributed by atoms with van der Waals surface area (Å²) >= 11 is 0. The second kappa shape index (κ2) is 5.74. The number of rotatable bonds is 3. The predicted octanol–water partition coefficient (Wildman–Crippen LogP) is 1.83. The Kier molecular flexibility index (Phi) is 4.27. The third kappa shape index (κ3) is 3.73. The fourth-order valence-electron chi connectivity index (χ4n) is 2.73. The lowest BCUT2D eigenvalue weighted by Gasteiger charge is -2.34. The predicted molar refractivity (Wildman–Crippen MR) is 73.6 cm³/mol. The number of urea groups is 1. The van der Waals surface area contributed by atoms with Crippen LogP contribution < -0.4 is 5.32 Å². The van der Waals surface area contributed by atoms with Gasteiger partial charge in [0.05, 0.1) is 0 Å². The molecule has 0 spiro atoms. The van der Waals surface area contributed by atoms with E-state index in [9.17, 15) is 4.79 Å². The van der Waals surface area contributed by atoms with Gasteiger partial charge in [0.15, 0.2) is 0 Å². The first-order chi connectivity index (χ1) is 8.57. The van der Waals surface area contributed by atoms with E-state index in [1.54, 1.807) is 0 Å². The normalized spacial score (nSPS) is 21.3. The Morgan fingerprint density at radius 2 is 1.94 bits per heavy atom. The van der Waals surface area contributed by atoms with Crippen LogP contribution in [0.5, 0.6) is 0 Å². The van der Waals surface area contributed by atoms with Crippen LogP contribution in [-0.2, 0) is 0 Å². The molecule has 2 amide bonds. The van der Waals surface area contributed by atoms with Crippen LogP contribution in [0.25, 0.3) is 0 Å². The minimum atomic E-state index is -0.150. The number of amides is 2. The summed E-state index contributed by atoms with van der Waals surface area (Å²) in [5, 5.41) is 3.16. The Balaban J connectivity index is 1.82. The van der Waals surface area contributed by atoms with Gasteiger partial charge < -0.3 is 15.1 Å². The van der Waals surface area contributed by atoms with Crippen molar-refractivity contribution in [1.82, 2.24) is 15.1 Å². The topological polar surface area (TPSA) is 35.6 Å². The van der Waals surface area contributed by atoms with Gasteiger partial charge in [-0.05, 0) is 46.2 Å². The molecule has 18 heavy (non-hydrogen) atoms. The standard InChI is InChI=1S/C14H25N3O/c1-14(2,12-16-8-6-7-9-16)15-13(18)17-10-4-3-5-11-17/h3-4H,5-12H2,1-2H3,(H,15,18). The molecule has 1 fully saturated rings. The summed E-state index contributed by atoms with van der Waals surface area (Å²) in [7, 11) is 0. The van der Waals surface area contributed by atoms with E-state index in [2.05, 4.69) is 36.2 Å². The molecule has 0 atom stereocenters. The summed E-state index contributed by atoms with van der Waals surface area (Å²) in [6.45, 7) is 9.10. The summed E-state index contributed by atoms with van der Waals surface area (Å²) in [5.74, 6) is 0. The summed E-state index contributed by atoms with van der Waals surface area (Å²) < 4.78 is 0. The molecule has 2 aliphatic rings. The van der Waals surface area contributed by atoms with Gasteiger partial charge in [0, 0.05) is 25.2 Å².